The van der Waals surface area contributed by atoms with Crippen LogP contribution >= 0.6 is 0 Å². The number of rotatable bonds is 7. The largest absolute Gasteiger partial charge is 0.455 e. The molecular weight excluding hydrogens is 799 g/mol. The van der Waals surface area contributed by atoms with Crippen molar-refractivity contribution in [2.24, 2.45) is 0 Å². The third-order valence-corrected chi connectivity index (χ3v) is 13.4. The van der Waals surface area contributed by atoms with Crippen LogP contribution in [0, 0.1) is 0 Å². The molecule has 1 aromatic heterocycles. The molecule has 0 unspecified atom stereocenters. The highest BCUT2D eigenvalue weighted by molar-refractivity contribution is 6.26. The molecule has 13 rings (SSSR count). The van der Waals surface area contributed by atoms with Crippen LogP contribution in [0.15, 0.2) is 253 Å². The average molecular weight is 840 g/mol. The van der Waals surface area contributed by atoms with E-state index in [0.29, 0.717) is 0 Å². The fourth-order valence-corrected chi connectivity index (χ4v) is 10.3. The molecule has 12 aromatic carbocycles. The summed E-state index contributed by atoms with van der Waals surface area (Å²) >= 11 is 0. The molecule has 13 aromatic rings. The van der Waals surface area contributed by atoms with Gasteiger partial charge in [-0.2, -0.15) is 0 Å². The van der Waals surface area contributed by atoms with Gasteiger partial charge in [0, 0.05) is 22.2 Å². The molecule has 0 fully saturated rings. The first-order valence-corrected chi connectivity index (χ1v) is 22.7. The van der Waals surface area contributed by atoms with Crippen molar-refractivity contribution in [1.29, 1.82) is 0 Å². The van der Waals surface area contributed by atoms with E-state index in [1.54, 1.807) is 0 Å². The molecule has 0 aliphatic heterocycles. The number of benzene rings is 12. The Labute approximate surface area is 382 Å². The predicted octanol–water partition coefficient (Wildman–Crippen LogP) is 18.3. The molecule has 0 N–H and O–H groups in total. The highest BCUT2D eigenvalue weighted by atomic mass is 16.3. The second-order valence-electron chi connectivity index (χ2n) is 17.2. The summed E-state index contributed by atoms with van der Waals surface area (Å²) in [5, 5.41) is 12.2. The highest BCUT2D eigenvalue weighted by Gasteiger charge is 2.24. The number of nitrogens with zero attached hydrogens (tertiary/aromatic N) is 1. The zero-order valence-electron chi connectivity index (χ0n) is 36.0. The lowest BCUT2D eigenvalue weighted by Gasteiger charge is -2.29. The maximum atomic E-state index is 6.93. The lowest BCUT2D eigenvalue weighted by Crippen LogP contribution is -2.11. The summed E-state index contributed by atoms with van der Waals surface area (Å²) in [6, 6.07) is 90.2. The van der Waals surface area contributed by atoms with Crippen molar-refractivity contribution in [2.45, 2.75) is 0 Å². The monoisotopic (exact) mass is 839 g/mol. The van der Waals surface area contributed by atoms with Crippen LogP contribution in [0.4, 0.5) is 17.1 Å². The maximum absolute atomic E-state index is 6.93. The summed E-state index contributed by atoms with van der Waals surface area (Å²) in [6.07, 6.45) is 0. The first-order chi connectivity index (χ1) is 32.7. The van der Waals surface area contributed by atoms with E-state index in [-0.39, 0.29) is 0 Å². The Morgan fingerprint density at radius 1 is 0.273 bits per heavy atom. The van der Waals surface area contributed by atoms with E-state index >= 15 is 0 Å². The van der Waals surface area contributed by atoms with E-state index in [4.69, 9.17) is 4.42 Å². The molecule has 0 spiro atoms. The topological polar surface area (TPSA) is 16.4 Å². The van der Waals surface area contributed by atoms with Gasteiger partial charge in [0.1, 0.15) is 11.2 Å². The molecule has 0 saturated heterocycles. The van der Waals surface area contributed by atoms with Crippen LogP contribution in [0.1, 0.15) is 0 Å². The first kappa shape index (κ1) is 37.8. The Bertz CT molecular complexity index is 3960. The fourth-order valence-electron chi connectivity index (χ4n) is 10.3. The summed E-state index contributed by atoms with van der Waals surface area (Å²) in [7, 11) is 0. The second-order valence-corrected chi connectivity index (χ2v) is 17.2. The molecule has 2 heteroatoms. The van der Waals surface area contributed by atoms with Crippen molar-refractivity contribution in [3.8, 4) is 44.5 Å². The quantitative estimate of drug-likeness (QED) is 0.149. The summed E-state index contributed by atoms with van der Waals surface area (Å²) in [5.41, 5.74) is 14.1. The minimum Gasteiger partial charge on any atom is -0.455 e. The molecule has 0 amide bonds. The number of anilines is 3. The van der Waals surface area contributed by atoms with Gasteiger partial charge in [0.15, 0.2) is 0 Å². The Morgan fingerprint density at radius 3 is 1.61 bits per heavy atom. The van der Waals surface area contributed by atoms with Gasteiger partial charge >= 0.3 is 0 Å². The molecule has 0 bridgehead atoms. The summed E-state index contributed by atoms with van der Waals surface area (Å²) in [6.45, 7) is 0. The smallest absolute Gasteiger partial charge is 0.145 e. The van der Waals surface area contributed by atoms with Crippen LogP contribution in [0.25, 0.3) is 110 Å². The van der Waals surface area contributed by atoms with E-state index < -0.39 is 0 Å². The standard InChI is InChI=1S/C64H41NO/c1-2-15-42(16-3-1)46-19-14-20-48(39-46)51-21-10-12-27-60(51)65(61-38-37-52(49-30-29-43-17-4-5-18-45(43)40-49)64-63(61)58-26-11-13-28-62(58)66-64)50-34-31-44(32-35-50)47-33-36-57-55-24-7-6-22-53(55)54-23-8-9-25-56(54)59(57)41-47/h1-41H. The fraction of sp³-hybridized carbons (Fsp3) is 0. The SMILES string of the molecule is c1ccc(-c2cccc(-c3ccccc3N(c3ccc(-c4ccc5c6ccccc6c6ccccc6c5c4)cc3)c3ccc(-c4ccc5ccccc5c4)c4oc5ccccc5c34)c2)cc1. The average Bonchev–Trinajstić information content (AvgIpc) is 3.79. The van der Waals surface area contributed by atoms with Crippen molar-refractivity contribution < 1.29 is 4.42 Å². The third kappa shape index (κ3) is 6.26. The van der Waals surface area contributed by atoms with Crippen molar-refractivity contribution in [2.75, 3.05) is 4.90 Å². The number of furan rings is 1. The Morgan fingerprint density at radius 2 is 0.818 bits per heavy atom. The van der Waals surface area contributed by atoms with Crippen molar-refractivity contribution >= 4 is 82.1 Å². The van der Waals surface area contributed by atoms with Crippen molar-refractivity contribution in [3.63, 3.8) is 0 Å². The normalized spacial score (nSPS) is 11.6. The summed E-state index contributed by atoms with van der Waals surface area (Å²) in [5.74, 6) is 0. The molecule has 0 aliphatic carbocycles. The predicted molar refractivity (Wildman–Crippen MR) is 280 cm³/mol. The summed E-state index contributed by atoms with van der Waals surface area (Å²) < 4.78 is 6.93. The van der Waals surface area contributed by atoms with Crippen LogP contribution in [0.3, 0.4) is 0 Å². The molecular formula is C64H41NO. The number of hydrogen-bond acceptors (Lipinski definition) is 2. The van der Waals surface area contributed by atoms with Gasteiger partial charge in [-0.15, -0.1) is 0 Å². The van der Waals surface area contributed by atoms with E-state index in [9.17, 15) is 0 Å². The van der Waals surface area contributed by atoms with Gasteiger partial charge in [0.25, 0.3) is 0 Å². The van der Waals surface area contributed by atoms with Gasteiger partial charge < -0.3 is 9.32 Å². The van der Waals surface area contributed by atoms with Crippen LogP contribution in [-0.4, -0.2) is 0 Å². The van der Waals surface area contributed by atoms with Gasteiger partial charge in [0.05, 0.1) is 16.8 Å². The van der Waals surface area contributed by atoms with Gasteiger partial charge in [0.2, 0.25) is 0 Å². The Hall–Kier alpha value is -8.72. The molecule has 2 nitrogen and oxygen atoms in total. The maximum Gasteiger partial charge on any atom is 0.145 e. The van der Waals surface area contributed by atoms with Crippen LogP contribution in [-0.2, 0) is 0 Å². The molecule has 308 valence electrons. The zero-order valence-corrected chi connectivity index (χ0v) is 36.0. The molecule has 1 heterocycles. The zero-order chi connectivity index (χ0) is 43.6. The molecule has 66 heavy (non-hydrogen) atoms. The molecule has 0 atom stereocenters. The Kier molecular flexibility index (Phi) is 8.89. The highest BCUT2D eigenvalue weighted by Crippen LogP contribution is 2.49. The number of hydrogen-bond donors (Lipinski definition) is 0. The third-order valence-electron chi connectivity index (χ3n) is 13.4. The molecule has 0 saturated carbocycles. The van der Waals surface area contributed by atoms with E-state index in [0.717, 1.165) is 66.8 Å². The minimum absolute atomic E-state index is 0.859. The lowest BCUT2D eigenvalue weighted by molar-refractivity contribution is 0.670. The number of para-hydroxylation sites is 2. The van der Waals surface area contributed by atoms with Crippen molar-refractivity contribution in [3.05, 3.63) is 249 Å². The molecule has 0 radical (unpaired) electrons. The van der Waals surface area contributed by atoms with Gasteiger partial charge in [-0.3, -0.25) is 0 Å². The minimum atomic E-state index is 0.859. The van der Waals surface area contributed by atoms with Gasteiger partial charge in [-0.05, 0) is 131 Å². The lowest BCUT2D eigenvalue weighted by atomic mass is 9.92. The van der Waals surface area contributed by atoms with Crippen LogP contribution in [0.5, 0.6) is 0 Å². The Balaban J connectivity index is 1.02. The second kappa shape index (κ2) is 15.5. The van der Waals surface area contributed by atoms with E-state index in [1.807, 2.05) is 0 Å². The molecule has 0 aliphatic rings. The van der Waals surface area contributed by atoms with Gasteiger partial charge in [-0.25, -0.2) is 0 Å². The van der Waals surface area contributed by atoms with Crippen LogP contribution in [0.2, 0.25) is 0 Å². The van der Waals surface area contributed by atoms with E-state index in [1.165, 1.54) is 59.8 Å². The first-order valence-electron chi connectivity index (χ1n) is 22.7. The number of fused-ring (bicyclic) bond motifs is 10. The summed E-state index contributed by atoms with van der Waals surface area (Å²) in [4.78, 5) is 2.43. The van der Waals surface area contributed by atoms with Crippen LogP contribution < -0.4 is 4.90 Å². The van der Waals surface area contributed by atoms with Crippen molar-refractivity contribution in [1.82, 2.24) is 0 Å². The van der Waals surface area contributed by atoms with Gasteiger partial charge in [-0.1, -0.05) is 194 Å². The van der Waals surface area contributed by atoms with E-state index in [2.05, 4.69) is 254 Å².